The van der Waals surface area contributed by atoms with Crippen LogP contribution in [0.2, 0.25) is 0 Å². The van der Waals surface area contributed by atoms with Crippen molar-refractivity contribution in [3.63, 3.8) is 0 Å². The van der Waals surface area contributed by atoms with Crippen molar-refractivity contribution >= 4 is 23.6 Å². The van der Waals surface area contributed by atoms with Crippen LogP contribution in [0.1, 0.15) is 27.7 Å². The Morgan fingerprint density at radius 1 is 1.30 bits per heavy atom. The smallest absolute Gasteiger partial charge is 0.230 e. The van der Waals surface area contributed by atoms with E-state index >= 15 is 0 Å². The molecule has 1 aromatic heterocycles. The summed E-state index contributed by atoms with van der Waals surface area (Å²) in [4.78, 5) is 14.2. The van der Waals surface area contributed by atoms with Gasteiger partial charge in [-0.15, -0.1) is 10.2 Å². The zero-order valence-electron chi connectivity index (χ0n) is 14.4. The van der Waals surface area contributed by atoms with Crippen LogP contribution in [0.4, 0.5) is 5.95 Å². The highest BCUT2D eigenvalue weighted by Gasteiger charge is 2.20. The number of aromatic nitrogens is 3. The largest absolute Gasteiger partial charge is 0.378 e. The van der Waals surface area contributed by atoms with E-state index in [0.717, 1.165) is 30.7 Å². The Morgan fingerprint density at radius 3 is 2.61 bits per heavy atom. The molecule has 0 radical (unpaired) electrons. The van der Waals surface area contributed by atoms with Crippen LogP contribution in [0, 0.1) is 5.92 Å². The first-order valence-corrected chi connectivity index (χ1v) is 9.19. The van der Waals surface area contributed by atoms with Gasteiger partial charge in [-0.3, -0.25) is 9.36 Å². The molecule has 8 heteroatoms. The number of thioether (sulfide) groups is 1. The van der Waals surface area contributed by atoms with Gasteiger partial charge in [0.25, 0.3) is 0 Å². The molecule has 0 bridgehead atoms. The maximum absolute atomic E-state index is 12.0. The second-order valence-electron chi connectivity index (χ2n) is 6.02. The maximum Gasteiger partial charge on any atom is 0.230 e. The molecule has 1 amide bonds. The lowest BCUT2D eigenvalue weighted by molar-refractivity contribution is -0.119. The van der Waals surface area contributed by atoms with Crippen molar-refractivity contribution in [2.75, 3.05) is 37.0 Å². The Kier molecular flexibility index (Phi) is 6.71. The zero-order valence-corrected chi connectivity index (χ0v) is 15.2. The topological polar surface area (TPSA) is 72.3 Å². The van der Waals surface area contributed by atoms with Gasteiger partial charge in [-0.05, 0) is 19.8 Å². The number of rotatable bonds is 7. The van der Waals surface area contributed by atoms with E-state index in [1.165, 1.54) is 11.8 Å². The number of nitrogens with zero attached hydrogens (tertiary/aromatic N) is 4. The molecule has 0 spiro atoms. The molecule has 1 aliphatic rings. The minimum atomic E-state index is 0.0368. The molecule has 1 atom stereocenters. The summed E-state index contributed by atoms with van der Waals surface area (Å²) in [5, 5.41) is 12.4. The van der Waals surface area contributed by atoms with Crippen LogP contribution in [-0.2, 0) is 16.1 Å². The molecule has 0 aromatic carbocycles. The molecule has 0 unspecified atom stereocenters. The second kappa shape index (κ2) is 8.54. The van der Waals surface area contributed by atoms with Crippen LogP contribution in [0.15, 0.2) is 5.16 Å². The summed E-state index contributed by atoms with van der Waals surface area (Å²) < 4.78 is 7.44. The lowest BCUT2D eigenvalue weighted by atomic mass is 10.1. The highest BCUT2D eigenvalue weighted by molar-refractivity contribution is 7.99. The number of amides is 1. The van der Waals surface area contributed by atoms with Crippen molar-refractivity contribution < 1.29 is 9.53 Å². The fraction of sp³-hybridized carbons (Fsp3) is 0.800. The minimum absolute atomic E-state index is 0.0368. The number of carbonyl (C=O) groups excluding carboxylic acids is 1. The first-order valence-electron chi connectivity index (χ1n) is 8.21. The normalized spacial score (nSPS) is 16.7. The molecule has 1 aliphatic heterocycles. The number of nitrogens with one attached hydrogen (secondary N) is 1. The molecule has 1 N–H and O–H groups in total. The van der Waals surface area contributed by atoms with E-state index in [4.69, 9.17) is 4.74 Å². The van der Waals surface area contributed by atoms with Gasteiger partial charge in [-0.25, -0.2) is 0 Å². The standard InChI is InChI=1S/C15H27N5O2S/c1-5-20-14(19-6-8-22-9-7-19)17-18-15(20)23-10-13(21)16-12(4)11(2)3/h11-12H,5-10H2,1-4H3,(H,16,21)/t12-/m1/s1. The fourth-order valence-electron chi connectivity index (χ4n) is 2.25. The summed E-state index contributed by atoms with van der Waals surface area (Å²) in [7, 11) is 0. The van der Waals surface area contributed by atoms with E-state index in [1.54, 1.807) is 0 Å². The molecule has 1 saturated heterocycles. The highest BCUT2D eigenvalue weighted by atomic mass is 32.2. The van der Waals surface area contributed by atoms with Crippen molar-refractivity contribution in [2.24, 2.45) is 5.92 Å². The molecule has 7 nitrogen and oxygen atoms in total. The lowest BCUT2D eigenvalue weighted by Gasteiger charge is -2.27. The second-order valence-corrected chi connectivity index (χ2v) is 6.96. The van der Waals surface area contributed by atoms with Gasteiger partial charge in [0.05, 0.1) is 19.0 Å². The zero-order chi connectivity index (χ0) is 16.8. The summed E-state index contributed by atoms with van der Waals surface area (Å²) in [6, 6.07) is 0.177. The molecule has 0 aliphatic carbocycles. The molecular formula is C15H27N5O2S. The molecule has 0 saturated carbocycles. The van der Waals surface area contributed by atoms with Gasteiger partial charge >= 0.3 is 0 Å². The average Bonchev–Trinajstić information content (AvgIpc) is 2.96. The summed E-state index contributed by atoms with van der Waals surface area (Å²) >= 11 is 1.44. The molecule has 130 valence electrons. The number of hydrogen-bond acceptors (Lipinski definition) is 6. The van der Waals surface area contributed by atoms with Crippen LogP contribution in [0.3, 0.4) is 0 Å². The van der Waals surface area contributed by atoms with Crippen molar-refractivity contribution in [1.29, 1.82) is 0 Å². The van der Waals surface area contributed by atoms with E-state index in [0.29, 0.717) is 24.9 Å². The summed E-state index contributed by atoms with van der Waals surface area (Å²) in [5.74, 6) is 1.69. The van der Waals surface area contributed by atoms with E-state index in [1.807, 2.05) is 6.92 Å². The van der Waals surface area contributed by atoms with E-state index in [9.17, 15) is 4.79 Å². The van der Waals surface area contributed by atoms with Gasteiger partial charge in [-0.2, -0.15) is 0 Å². The van der Waals surface area contributed by atoms with Crippen molar-refractivity contribution in [2.45, 2.75) is 45.4 Å². The molecule has 2 rings (SSSR count). The van der Waals surface area contributed by atoms with E-state index < -0.39 is 0 Å². The third-order valence-electron chi connectivity index (χ3n) is 4.03. The average molecular weight is 341 g/mol. The Balaban J connectivity index is 1.95. The van der Waals surface area contributed by atoms with Crippen LogP contribution in [0.25, 0.3) is 0 Å². The molecule has 23 heavy (non-hydrogen) atoms. The van der Waals surface area contributed by atoms with Gasteiger partial charge in [0, 0.05) is 25.7 Å². The van der Waals surface area contributed by atoms with Crippen LogP contribution < -0.4 is 10.2 Å². The Morgan fingerprint density at radius 2 is 2.00 bits per heavy atom. The number of ether oxygens (including phenoxy) is 1. The third-order valence-corrected chi connectivity index (χ3v) is 5.00. The molecule has 2 heterocycles. The summed E-state index contributed by atoms with van der Waals surface area (Å²) in [6.45, 7) is 12.2. The van der Waals surface area contributed by atoms with Crippen LogP contribution >= 0.6 is 11.8 Å². The number of anilines is 1. The lowest BCUT2D eigenvalue weighted by Crippen LogP contribution is -2.38. The number of hydrogen-bond donors (Lipinski definition) is 1. The van der Waals surface area contributed by atoms with E-state index in [-0.39, 0.29) is 11.9 Å². The Hall–Kier alpha value is -1.28. The monoisotopic (exact) mass is 341 g/mol. The van der Waals surface area contributed by atoms with E-state index in [2.05, 4.69) is 45.8 Å². The highest BCUT2D eigenvalue weighted by Crippen LogP contribution is 2.22. The van der Waals surface area contributed by atoms with Crippen LogP contribution in [-0.4, -0.2) is 58.8 Å². The van der Waals surface area contributed by atoms with Gasteiger partial charge < -0.3 is 15.0 Å². The SMILES string of the molecule is CCn1c(SCC(=O)N[C@H](C)C(C)C)nnc1N1CCOCC1. The predicted octanol–water partition coefficient (Wildman–Crippen LogP) is 1.39. The predicted molar refractivity (Wildman–Crippen MR) is 91.9 cm³/mol. The van der Waals surface area contributed by atoms with Crippen molar-refractivity contribution in [1.82, 2.24) is 20.1 Å². The van der Waals surface area contributed by atoms with Crippen molar-refractivity contribution in [3.05, 3.63) is 0 Å². The third kappa shape index (κ3) is 4.84. The van der Waals surface area contributed by atoms with Gasteiger partial charge in [-0.1, -0.05) is 25.6 Å². The maximum atomic E-state index is 12.0. The Bertz CT molecular complexity index is 514. The van der Waals surface area contributed by atoms with Gasteiger partial charge in [0.2, 0.25) is 11.9 Å². The number of morpholine rings is 1. The first kappa shape index (κ1) is 18.1. The number of carbonyl (C=O) groups is 1. The summed E-state index contributed by atoms with van der Waals surface area (Å²) in [6.07, 6.45) is 0. The molecular weight excluding hydrogens is 314 g/mol. The first-order chi connectivity index (χ1) is 11.0. The fourth-order valence-corrected chi connectivity index (χ4v) is 3.06. The minimum Gasteiger partial charge on any atom is -0.378 e. The summed E-state index contributed by atoms with van der Waals surface area (Å²) in [5.41, 5.74) is 0. The van der Waals surface area contributed by atoms with Gasteiger partial charge in [0.1, 0.15) is 0 Å². The van der Waals surface area contributed by atoms with Crippen LogP contribution in [0.5, 0.6) is 0 Å². The quantitative estimate of drug-likeness (QED) is 0.756. The van der Waals surface area contributed by atoms with Gasteiger partial charge in [0.15, 0.2) is 5.16 Å². The Labute approximate surface area is 142 Å². The molecule has 1 fully saturated rings. The van der Waals surface area contributed by atoms with Crippen molar-refractivity contribution in [3.8, 4) is 0 Å². The molecule has 1 aromatic rings.